The minimum atomic E-state index is -3.57. The quantitative estimate of drug-likeness (QED) is 0.598. The first kappa shape index (κ1) is 21.2. The van der Waals surface area contributed by atoms with Gasteiger partial charge in [0.25, 0.3) is 5.91 Å². The minimum Gasteiger partial charge on any atom is -0.298 e. The molecule has 0 saturated carbocycles. The van der Waals surface area contributed by atoms with Gasteiger partial charge in [0, 0.05) is 23.7 Å². The van der Waals surface area contributed by atoms with Gasteiger partial charge in [-0.15, -0.1) is 0 Å². The minimum absolute atomic E-state index is 0.204. The number of nitrogens with one attached hydrogen (secondary N) is 1. The van der Waals surface area contributed by atoms with Crippen LogP contribution in [-0.2, 0) is 10.0 Å². The molecule has 6 nitrogen and oxygen atoms in total. The van der Waals surface area contributed by atoms with Crippen molar-refractivity contribution >= 4 is 54.2 Å². The maximum Gasteiger partial charge on any atom is 0.257 e. The van der Waals surface area contributed by atoms with Gasteiger partial charge >= 0.3 is 0 Å². The molecule has 1 amide bonds. The van der Waals surface area contributed by atoms with Crippen LogP contribution < -0.4 is 5.32 Å². The number of amides is 1. The zero-order valence-corrected chi connectivity index (χ0v) is 19.0. The first-order valence-corrected chi connectivity index (χ1v) is 12.3. The van der Waals surface area contributed by atoms with Crippen molar-refractivity contribution in [2.45, 2.75) is 25.2 Å². The topological polar surface area (TPSA) is 79.4 Å². The van der Waals surface area contributed by atoms with Crippen molar-refractivity contribution in [3.05, 3.63) is 53.1 Å². The molecule has 4 rings (SSSR count). The molecule has 3 aromatic rings. The van der Waals surface area contributed by atoms with Crippen LogP contribution in [0.3, 0.4) is 0 Å². The van der Waals surface area contributed by atoms with E-state index in [0.717, 1.165) is 16.6 Å². The molecule has 1 aliphatic rings. The van der Waals surface area contributed by atoms with Crippen molar-refractivity contribution in [3.63, 3.8) is 0 Å². The van der Waals surface area contributed by atoms with E-state index in [2.05, 4.69) is 24.1 Å². The number of sulfonamides is 1. The Hall–Kier alpha value is -2.00. The summed E-state index contributed by atoms with van der Waals surface area (Å²) in [6.07, 6.45) is 1.03. The summed E-state index contributed by atoms with van der Waals surface area (Å²) in [5.74, 6) is 0.318. The summed E-state index contributed by atoms with van der Waals surface area (Å²) in [7, 11) is -3.57. The smallest absolute Gasteiger partial charge is 0.257 e. The highest BCUT2D eigenvalue weighted by atomic mass is 35.5. The van der Waals surface area contributed by atoms with Gasteiger partial charge in [-0.05, 0) is 60.7 Å². The molecule has 1 aliphatic heterocycles. The number of carbonyl (C=O) groups is 1. The third-order valence-electron chi connectivity index (χ3n) is 5.16. The van der Waals surface area contributed by atoms with Crippen LogP contribution in [0.15, 0.2) is 47.4 Å². The Morgan fingerprint density at radius 3 is 2.47 bits per heavy atom. The Morgan fingerprint density at radius 2 is 1.80 bits per heavy atom. The zero-order chi connectivity index (χ0) is 21.5. The fourth-order valence-corrected chi connectivity index (χ4v) is 6.67. The summed E-state index contributed by atoms with van der Waals surface area (Å²) in [5, 5.41) is 3.84. The lowest BCUT2D eigenvalue weighted by Gasteiger charge is -2.34. The largest absolute Gasteiger partial charge is 0.298 e. The van der Waals surface area contributed by atoms with Gasteiger partial charge in [-0.25, -0.2) is 13.4 Å². The average molecular weight is 464 g/mol. The molecule has 0 radical (unpaired) electrons. The van der Waals surface area contributed by atoms with E-state index in [1.165, 1.54) is 35.6 Å². The van der Waals surface area contributed by atoms with Gasteiger partial charge in [0.15, 0.2) is 5.13 Å². The van der Waals surface area contributed by atoms with Crippen LogP contribution in [0.1, 0.15) is 30.6 Å². The number of nitrogens with zero attached hydrogens (tertiary/aromatic N) is 2. The maximum atomic E-state index is 13.0. The fourth-order valence-electron chi connectivity index (χ4n) is 3.85. The molecule has 1 aromatic heterocycles. The van der Waals surface area contributed by atoms with Gasteiger partial charge in [0.2, 0.25) is 10.0 Å². The number of piperidine rings is 1. The molecule has 9 heteroatoms. The molecule has 1 fully saturated rings. The van der Waals surface area contributed by atoms with E-state index in [4.69, 9.17) is 11.6 Å². The maximum absolute atomic E-state index is 13.0. The van der Waals surface area contributed by atoms with Crippen LogP contribution in [0.2, 0.25) is 5.02 Å². The monoisotopic (exact) mass is 463 g/mol. The van der Waals surface area contributed by atoms with Gasteiger partial charge in [0.05, 0.1) is 15.1 Å². The predicted octanol–water partition coefficient (Wildman–Crippen LogP) is 4.87. The lowest BCUT2D eigenvalue weighted by Crippen LogP contribution is -2.42. The second-order valence-electron chi connectivity index (χ2n) is 7.88. The van der Waals surface area contributed by atoms with Gasteiger partial charge in [-0.3, -0.25) is 10.1 Å². The molecular formula is C21H22ClN3O3S2. The molecule has 1 saturated heterocycles. The van der Waals surface area contributed by atoms with E-state index < -0.39 is 10.0 Å². The number of benzene rings is 2. The lowest BCUT2D eigenvalue weighted by atomic mass is 9.94. The highest BCUT2D eigenvalue weighted by molar-refractivity contribution is 7.89. The highest BCUT2D eigenvalue weighted by Gasteiger charge is 2.31. The molecule has 1 N–H and O–H groups in total. The number of aromatic nitrogens is 1. The first-order valence-electron chi connectivity index (χ1n) is 9.70. The summed E-state index contributed by atoms with van der Waals surface area (Å²) < 4.78 is 28.4. The third kappa shape index (κ3) is 4.37. The van der Waals surface area contributed by atoms with Gasteiger partial charge < -0.3 is 0 Å². The van der Waals surface area contributed by atoms with E-state index in [0.29, 0.717) is 40.6 Å². The molecule has 158 valence electrons. The molecular weight excluding hydrogens is 442 g/mol. The van der Waals surface area contributed by atoms with Crippen molar-refractivity contribution in [2.75, 3.05) is 18.4 Å². The Bertz CT molecular complexity index is 1180. The van der Waals surface area contributed by atoms with Crippen LogP contribution in [0.25, 0.3) is 10.2 Å². The second kappa shape index (κ2) is 8.26. The number of hydrogen-bond acceptors (Lipinski definition) is 5. The summed E-state index contributed by atoms with van der Waals surface area (Å²) in [6, 6.07) is 11.4. The normalized spacial score (nSPS) is 20.4. The number of anilines is 1. The number of hydrogen-bond donors (Lipinski definition) is 1. The molecule has 2 aromatic carbocycles. The lowest BCUT2D eigenvalue weighted by molar-refractivity contribution is 0.102. The number of thiazole rings is 1. The van der Waals surface area contributed by atoms with Crippen molar-refractivity contribution in [2.24, 2.45) is 11.8 Å². The fraction of sp³-hybridized carbons (Fsp3) is 0.333. The Kier molecular flexibility index (Phi) is 5.85. The standard InChI is InChI=1S/C21H22ClN3O3S2/c1-13-9-14(2)12-25(11-13)30(27,28)17-6-3-15(4-7-17)20(26)24-21-23-18-8-5-16(22)10-19(18)29-21/h3-8,10,13-14H,9,11-12H2,1-2H3,(H,23,24,26). The second-order valence-corrected chi connectivity index (χ2v) is 11.3. The van der Waals surface area contributed by atoms with Crippen LogP contribution >= 0.6 is 22.9 Å². The highest BCUT2D eigenvalue weighted by Crippen LogP contribution is 2.29. The Morgan fingerprint density at radius 1 is 1.13 bits per heavy atom. The summed E-state index contributed by atoms with van der Waals surface area (Å²) in [4.78, 5) is 17.2. The van der Waals surface area contributed by atoms with Crippen molar-refractivity contribution in [3.8, 4) is 0 Å². The molecule has 0 aliphatic carbocycles. The molecule has 0 spiro atoms. The molecule has 0 bridgehead atoms. The van der Waals surface area contributed by atoms with Gasteiger partial charge in [0.1, 0.15) is 0 Å². The van der Waals surface area contributed by atoms with E-state index in [1.807, 2.05) is 0 Å². The average Bonchev–Trinajstić information content (AvgIpc) is 3.08. The van der Waals surface area contributed by atoms with Crippen LogP contribution in [0.4, 0.5) is 5.13 Å². The van der Waals surface area contributed by atoms with Crippen molar-refractivity contribution in [1.82, 2.24) is 9.29 Å². The summed E-state index contributed by atoms with van der Waals surface area (Å²) in [5.41, 5.74) is 1.12. The van der Waals surface area contributed by atoms with E-state index in [9.17, 15) is 13.2 Å². The third-order valence-corrected chi connectivity index (χ3v) is 8.18. The van der Waals surface area contributed by atoms with Gasteiger partial charge in [-0.2, -0.15) is 4.31 Å². The number of fused-ring (bicyclic) bond motifs is 1. The summed E-state index contributed by atoms with van der Waals surface area (Å²) in [6.45, 7) is 5.19. The van der Waals surface area contributed by atoms with Crippen molar-refractivity contribution in [1.29, 1.82) is 0 Å². The van der Waals surface area contributed by atoms with E-state index >= 15 is 0 Å². The van der Waals surface area contributed by atoms with Gasteiger partial charge in [-0.1, -0.05) is 36.8 Å². The van der Waals surface area contributed by atoms with Crippen molar-refractivity contribution < 1.29 is 13.2 Å². The van der Waals surface area contributed by atoms with E-state index in [-0.39, 0.29) is 10.8 Å². The number of halogens is 1. The SMILES string of the molecule is CC1CC(C)CN(S(=O)(=O)c2ccc(C(=O)Nc3nc4ccc(Cl)cc4s3)cc2)C1. The van der Waals surface area contributed by atoms with Crippen LogP contribution in [-0.4, -0.2) is 36.7 Å². The number of carbonyl (C=O) groups excluding carboxylic acids is 1. The number of rotatable bonds is 4. The molecule has 2 heterocycles. The first-order chi connectivity index (χ1) is 14.2. The Balaban J connectivity index is 1.50. The zero-order valence-electron chi connectivity index (χ0n) is 16.6. The molecule has 2 unspecified atom stereocenters. The molecule has 30 heavy (non-hydrogen) atoms. The predicted molar refractivity (Wildman–Crippen MR) is 121 cm³/mol. The summed E-state index contributed by atoms with van der Waals surface area (Å²) >= 11 is 7.32. The Labute approximate surface area is 184 Å². The molecule has 2 atom stereocenters. The van der Waals surface area contributed by atoms with E-state index in [1.54, 1.807) is 22.5 Å². The van der Waals surface area contributed by atoms with Crippen LogP contribution in [0.5, 0.6) is 0 Å². The van der Waals surface area contributed by atoms with Crippen LogP contribution in [0, 0.1) is 11.8 Å².